The highest BCUT2D eigenvalue weighted by molar-refractivity contribution is 7.89. The lowest BCUT2D eigenvalue weighted by Crippen LogP contribution is -2.30. The number of hydrogen-bond acceptors (Lipinski definition) is 5. The topological polar surface area (TPSA) is 116 Å². The Kier molecular flexibility index (Phi) is 6.02. The standard InChI is InChI=1S/C19H22N2O5S/c1-11-8-12(2)17(13(3)9-11)21-18(22)14(4)26-19(23)15-6-5-7-16(10-15)27(20,24)25/h5-10,14H,1-4H3,(H,21,22)(H2,20,24,25)/t14-/m1/s1. The number of sulfonamides is 1. The van der Waals surface area contributed by atoms with Crippen LogP contribution in [0.15, 0.2) is 41.3 Å². The molecule has 0 fully saturated rings. The molecule has 0 aliphatic carbocycles. The monoisotopic (exact) mass is 390 g/mol. The van der Waals surface area contributed by atoms with Gasteiger partial charge in [-0.05, 0) is 57.0 Å². The second kappa shape index (κ2) is 7.89. The summed E-state index contributed by atoms with van der Waals surface area (Å²) in [5.41, 5.74) is 3.55. The van der Waals surface area contributed by atoms with Gasteiger partial charge in [-0.15, -0.1) is 0 Å². The van der Waals surface area contributed by atoms with Crippen molar-refractivity contribution in [1.29, 1.82) is 0 Å². The molecule has 0 saturated carbocycles. The van der Waals surface area contributed by atoms with Gasteiger partial charge < -0.3 is 10.1 Å². The lowest BCUT2D eigenvalue weighted by atomic mass is 10.0. The summed E-state index contributed by atoms with van der Waals surface area (Å²) in [5.74, 6) is -1.30. The van der Waals surface area contributed by atoms with Gasteiger partial charge in [-0.3, -0.25) is 4.79 Å². The van der Waals surface area contributed by atoms with Crippen molar-refractivity contribution in [2.75, 3.05) is 5.32 Å². The molecule has 144 valence electrons. The fourth-order valence-electron chi connectivity index (χ4n) is 2.68. The van der Waals surface area contributed by atoms with Crippen LogP contribution in [0.4, 0.5) is 5.69 Å². The van der Waals surface area contributed by atoms with E-state index >= 15 is 0 Å². The molecule has 0 aliphatic heterocycles. The minimum atomic E-state index is -3.94. The van der Waals surface area contributed by atoms with Crippen LogP contribution in [0.25, 0.3) is 0 Å². The number of benzene rings is 2. The minimum Gasteiger partial charge on any atom is -0.449 e. The van der Waals surface area contributed by atoms with Crippen LogP contribution in [0, 0.1) is 20.8 Å². The van der Waals surface area contributed by atoms with Crippen LogP contribution in [-0.4, -0.2) is 26.4 Å². The van der Waals surface area contributed by atoms with Crippen molar-refractivity contribution in [3.05, 3.63) is 58.7 Å². The molecule has 0 saturated heterocycles. The summed E-state index contributed by atoms with van der Waals surface area (Å²) in [6.45, 7) is 7.16. The number of nitrogens with two attached hydrogens (primary N) is 1. The zero-order valence-corrected chi connectivity index (χ0v) is 16.4. The molecule has 0 radical (unpaired) electrons. The van der Waals surface area contributed by atoms with Crippen molar-refractivity contribution >= 4 is 27.6 Å². The number of primary sulfonamides is 1. The molecule has 0 unspecified atom stereocenters. The van der Waals surface area contributed by atoms with E-state index in [9.17, 15) is 18.0 Å². The Balaban J connectivity index is 2.12. The molecule has 0 spiro atoms. The molecule has 27 heavy (non-hydrogen) atoms. The maximum Gasteiger partial charge on any atom is 0.338 e. The largest absolute Gasteiger partial charge is 0.449 e. The average molecular weight is 390 g/mol. The summed E-state index contributed by atoms with van der Waals surface area (Å²) >= 11 is 0. The highest BCUT2D eigenvalue weighted by Crippen LogP contribution is 2.22. The van der Waals surface area contributed by atoms with Crippen LogP contribution in [0.1, 0.15) is 34.0 Å². The predicted molar refractivity (Wildman–Crippen MR) is 102 cm³/mol. The van der Waals surface area contributed by atoms with Gasteiger partial charge in [-0.25, -0.2) is 18.4 Å². The zero-order chi connectivity index (χ0) is 20.4. The van der Waals surface area contributed by atoms with Crippen LogP contribution in [0.2, 0.25) is 0 Å². The Morgan fingerprint density at radius 2 is 1.67 bits per heavy atom. The van der Waals surface area contributed by atoms with Crippen LogP contribution >= 0.6 is 0 Å². The quantitative estimate of drug-likeness (QED) is 0.761. The molecular weight excluding hydrogens is 368 g/mol. The number of esters is 1. The van der Waals surface area contributed by atoms with Gasteiger partial charge in [0.15, 0.2) is 6.10 Å². The number of aryl methyl sites for hydroxylation is 3. The first-order chi connectivity index (χ1) is 12.5. The normalized spacial score (nSPS) is 12.3. The van der Waals surface area contributed by atoms with E-state index in [0.717, 1.165) is 22.8 Å². The molecule has 2 aromatic rings. The first-order valence-electron chi connectivity index (χ1n) is 8.21. The summed E-state index contributed by atoms with van der Waals surface area (Å²) < 4.78 is 27.9. The Labute approximate surface area is 158 Å². The molecular formula is C19H22N2O5S. The number of carbonyl (C=O) groups excluding carboxylic acids is 2. The molecule has 3 N–H and O–H groups in total. The summed E-state index contributed by atoms with van der Waals surface area (Å²) in [6, 6.07) is 9.02. The molecule has 0 heterocycles. The number of hydrogen-bond donors (Lipinski definition) is 2. The van der Waals surface area contributed by atoms with E-state index in [1.54, 1.807) is 0 Å². The van der Waals surface area contributed by atoms with Crippen molar-refractivity contribution in [3.8, 4) is 0 Å². The zero-order valence-electron chi connectivity index (χ0n) is 15.6. The van der Waals surface area contributed by atoms with E-state index in [-0.39, 0.29) is 10.5 Å². The number of amides is 1. The van der Waals surface area contributed by atoms with Gasteiger partial charge in [0.25, 0.3) is 5.91 Å². The first-order valence-corrected chi connectivity index (χ1v) is 9.76. The van der Waals surface area contributed by atoms with Gasteiger partial charge in [0, 0.05) is 5.69 Å². The molecule has 1 amide bonds. The highest BCUT2D eigenvalue weighted by Gasteiger charge is 2.21. The fraction of sp³-hybridized carbons (Fsp3) is 0.263. The van der Waals surface area contributed by atoms with Gasteiger partial charge >= 0.3 is 5.97 Å². The first kappa shape index (κ1) is 20.6. The van der Waals surface area contributed by atoms with Gasteiger partial charge in [0.2, 0.25) is 10.0 Å². The SMILES string of the molecule is Cc1cc(C)c(NC(=O)[C@@H](C)OC(=O)c2cccc(S(N)(=O)=O)c2)c(C)c1. The van der Waals surface area contributed by atoms with Crippen molar-refractivity contribution < 1.29 is 22.7 Å². The van der Waals surface area contributed by atoms with Gasteiger partial charge in [-0.1, -0.05) is 23.8 Å². The van der Waals surface area contributed by atoms with E-state index in [2.05, 4.69) is 5.32 Å². The van der Waals surface area contributed by atoms with Gasteiger partial charge in [0.05, 0.1) is 10.5 Å². The van der Waals surface area contributed by atoms with E-state index in [1.807, 2.05) is 32.9 Å². The van der Waals surface area contributed by atoms with Crippen molar-refractivity contribution in [2.45, 2.75) is 38.7 Å². The van der Waals surface area contributed by atoms with E-state index in [4.69, 9.17) is 9.88 Å². The van der Waals surface area contributed by atoms with E-state index in [1.165, 1.54) is 25.1 Å². The molecule has 2 aromatic carbocycles. The number of carbonyl (C=O) groups is 2. The van der Waals surface area contributed by atoms with E-state index < -0.39 is 28.0 Å². The Bertz CT molecular complexity index is 976. The molecule has 0 bridgehead atoms. The Morgan fingerprint density at radius 3 is 2.22 bits per heavy atom. The molecule has 1 atom stereocenters. The van der Waals surface area contributed by atoms with E-state index in [0.29, 0.717) is 5.69 Å². The van der Waals surface area contributed by atoms with Crippen LogP contribution in [-0.2, 0) is 19.6 Å². The second-order valence-electron chi connectivity index (χ2n) is 6.38. The smallest absolute Gasteiger partial charge is 0.338 e. The van der Waals surface area contributed by atoms with Crippen molar-refractivity contribution in [3.63, 3.8) is 0 Å². The molecule has 0 aliphatic rings. The molecule has 0 aromatic heterocycles. The van der Waals surface area contributed by atoms with Crippen LogP contribution in [0.5, 0.6) is 0 Å². The molecule has 2 rings (SSSR count). The molecule has 7 nitrogen and oxygen atoms in total. The van der Waals surface area contributed by atoms with Crippen molar-refractivity contribution in [1.82, 2.24) is 0 Å². The lowest BCUT2D eigenvalue weighted by molar-refractivity contribution is -0.123. The van der Waals surface area contributed by atoms with Crippen LogP contribution in [0.3, 0.4) is 0 Å². The Hall–Kier alpha value is -2.71. The third-order valence-electron chi connectivity index (χ3n) is 3.98. The summed E-state index contributed by atoms with van der Waals surface area (Å²) in [5, 5.41) is 7.82. The van der Waals surface area contributed by atoms with Gasteiger partial charge in [0.1, 0.15) is 0 Å². The number of anilines is 1. The minimum absolute atomic E-state index is 0.0103. The van der Waals surface area contributed by atoms with Gasteiger partial charge in [-0.2, -0.15) is 0 Å². The fourth-order valence-corrected chi connectivity index (χ4v) is 3.24. The maximum atomic E-state index is 12.4. The number of ether oxygens (including phenoxy) is 1. The second-order valence-corrected chi connectivity index (χ2v) is 7.94. The third-order valence-corrected chi connectivity index (χ3v) is 4.89. The lowest BCUT2D eigenvalue weighted by Gasteiger charge is -2.17. The maximum absolute atomic E-state index is 12.4. The third kappa shape index (κ3) is 5.15. The summed E-state index contributed by atoms with van der Waals surface area (Å²) in [7, 11) is -3.94. The highest BCUT2D eigenvalue weighted by atomic mass is 32.2. The summed E-state index contributed by atoms with van der Waals surface area (Å²) in [6.07, 6.45) is -1.07. The number of nitrogens with one attached hydrogen (secondary N) is 1. The predicted octanol–water partition coefficient (Wildman–Crippen LogP) is 2.44. The average Bonchev–Trinajstić information content (AvgIpc) is 2.57. The summed E-state index contributed by atoms with van der Waals surface area (Å²) in [4.78, 5) is 24.4. The van der Waals surface area contributed by atoms with Crippen molar-refractivity contribution in [2.24, 2.45) is 5.14 Å². The molecule has 8 heteroatoms. The number of rotatable bonds is 5. The van der Waals surface area contributed by atoms with Crippen LogP contribution < -0.4 is 10.5 Å². The Morgan fingerprint density at radius 1 is 1.07 bits per heavy atom.